The molecular formula is C44H29N3Si. The summed E-state index contributed by atoms with van der Waals surface area (Å²) in [6.45, 7) is 0. The number of fused-ring (bicyclic) bond motifs is 3. The van der Waals surface area contributed by atoms with Crippen LogP contribution in [0.1, 0.15) is 11.1 Å². The summed E-state index contributed by atoms with van der Waals surface area (Å²) in [5.41, 5.74) is 6.89. The van der Waals surface area contributed by atoms with Gasteiger partial charge in [0.2, 0.25) is 0 Å². The van der Waals surface area contributed by atoms with Crippen molar-refractivity contribution in [1.82, 2.24) is 4.57 Å². The van der Waals surface area contributed by atoms with E-state index in [0.29, 0.717) is 11.1 Å². The van der Waals surface area contributed by atoms with Crippen LogP contribution in [0.3, 0.4) is 0 Å². The largest absolute Gasteiger partial charge is 0.309 e. The summed E-state index contributed by atoms with van der Waals surface area (Å²) < 4.78 is 2.27. The minimum Gasteiger partial charge on any atom is -0.309 e. The lowest BCUT2D eigenvalue weighted by atomic mass is 10.1. The van der Waals surface area contributed by atoms with Crippen LogP contribution in [0.2, 0.25) is 0 Å². The second-order valence-electron chi connectivity index (χ2n) is 12.0. The molecule has 8 aromatic rings. The van der Waals surface area contributed by atoms with Crippen molar-refractivity contribution in [2.24, 2.45) is 0 Å². The highest BCUT2D eigenvalue weighted by Gasteiger charge is 2.41. The van der Waals surface area contributed by atoms with Gasteiger partial charge < -0.3 is 4.57 Å². The lowest BCUT2D eigenvalue weighted by Gasteiger charge is -2.34. The monoisotopic (exact) mass is 627 g/mol. The predicted octanol–water partition coefficient (Wildman–Crippen LogP) is 7.57. The summed E-state index contributed by atoms with van der Waals surface area (Å²) >= 11 is 0. The van der Waals surface area contributed by atoms with Gasteiger partial charge in [0.15, 0.2) is 8.07 Å². The van der Waals surface area contributed by atoms with Crippen molar-refractivity contribution in [2.45, 2.75) is 0 Å². The second kappa shape index (κ2) is 12.0. The van der Waals surface area contributed by atoms with Crippen LogP contribution in [0, 0.1) is 22.7 Å². The molecule has 3 nitrogen and oxygen atoms in total. The fourth-order valence-corrected chi connectivity index (χ4v) is 11.9. The number of benzene rings is 7. The van der Waals surface area contributed by atoms with Gasteiger partial charge >= 0.3 is 0 Å². The van der Waals surface area contributed by atoms with Crippen LogP contribution in [0.4, 0.5) is 0 Å². The minimum absolute atomic E-state index is 0.661. The third-order valence-electron chi connectivity index (χ3n) is 9.44. The lowest BCUT2D eigenvalue weighted by molar-refractivity contribution is 1.18. The molecule has 0 fully saturated rings. The van der Waals surface area contributed by atoms with Crippen LogP contribution in [-0.2, 0) is 0 Å². The van der Waals surface area contributed by atoms with E-state index in [9.17, 15) is 10.5 Å². The molecule has 1 aromatic heterocycles. The van der Waals surface area contributed by atoms with Crippen molar-refractivity contribution in [3.05, 3.63) is 187 Å². The molecule has 0 amide bonds. The van der Waals surface area contributed by atoms with Gasteiger partial charge in [-0.2, -0.15) is 10.5 Å². The van der Waals surface area contributed by atoms with Crippen molar-refractivity contribution < 1.29 is 0 Å². The average Bonchev–Trinajstić information content (AvgIpc) is 3.50. The summed E-state index contributed by atoms with van der Waals surface area (Å²) in [5, 5.41) is 26.4. The van der Waals surface area contributed by atoms with E-state index in [-0.39, 0.29) is 0 Å². The van der Waals surface area contributed by atoms with Crippen LogP contribution in [0.25, 0.3) is 38.6 Å². The Morgan fingerprint density at radius 1 is 0.396 bits per heavy atom. The van der Waals surface area contributed by atoms with Crippen LogP contribution in [-0.4, -0.2) is 12.6 Å². The molecular weight excluding hydrogens is 599 g/mol. The standard InChI is InChI=1S/C44H29N3Si/c45-30-32-15-24-39(25-16-32)48(37-9-3-1-4-10-37,38-11-5-2-6-12-38)40-26-20-35(21-27-40)34-18-22-36(23-19-34)47-43-14-8-7-13-41(43)42-29-33(31-46)17-28-44(42)47/h1-29H. The van der Waals surface area contributed by atoms with Crippen molar-refractivity contribution >= 4 is 50.6 Å². The van der Waals surface area contributed by atoms with Gasteiger partial charge in [0, 0.05) is 16.5 Å². The number of nitriles is 2. The molecule has 4 heteroatoms. The van der Waals surface area contributed by atoms with Gasteiger partial charge in [0.05, 0.1) is 34.3 Å². The van der Waals surface area contributed by atoms with E-state index in [1.54, 1.807) is 0 Å². The van der Waals surface area contributed by atoms with Gasteiger partial charge in [-0.25, -0.2) is 0 Å². The molecule has 8 rings (SSSR count). The zero-order chi connectivity index (χ0) is 32.5. The molecule has 0 N–H and O–H groups in total. The summed E-state index contributed by atoms with van der Waals surface area (Å²) in [4.78, 5) is 0. The highest BCUT2D eigenvalue weighted by molar-refractivity contribution is 7.19. The van der Waals surface area contributed by atoms with Gasteiger partial charge in [-0.15, -0.1) is 0 Å². The maximum absolute atomic E-state index is 9.55. The first-order chi connectivity index (χ1) is 23.7. The van der Waals surface area contributed by atoms with E-state index in [0.717, 1.165) is 38.6 Å². The van der Waals surface area contributed by atoms with Gasteiger partial charge in [-0.1, -0.05) is 127 Å². The molecule has 0 unspecified atom stereocenters. The molecule has 0 atom stereocenters. The van der Waals surface area contributed by atoms with Crippen LogP contribution in [0.15, 0.2) is 176 Å². The van der Waals surface area contributed by atoms with Gasteiger partial charge in [-0.3, -0.25) is 0 Å². The van der Waals surface area contributed by atoms with E-state index in [1.165, 1.54) is 20.7 Å². The maximum Gasteiger partial charge on any atom is 0.179 e. The zero-order valence-electron chi connectivity index (χ0n) is 26.1. The highest BCUT2D eigenvalue weighted by atomic mass is 28.3. The minimum atomic E-state index is -2.70. The highest BCUT2D eigenvalue weighted by Crippen LogP contribution is 2.33. The van der Waals surface area contributed by atoms with E-state index < -0.39 is 8.07 Å². The molecule has 0 aliphatic rings. The fraction of sp³-hybridized carbons (Fsp3) is 0. The maximum atomic E-state index is 9.55. The first-order valence-corrected chi connectivity index (χ1v) is 18.0. The Bertz CT molecular complexity index is 2440. The molecule has 0 spiro atoms. The van der Waals surface area contributed by atoms with E-state index in [2.05, 4.69) is 156 Å². The van der Waals surface area contributed by atoms with Crippen molar-refractivity contribution in [3.8, 4) is 29.0 Å². The fourth-order valence-electron chi connectivity index (χ4n) is 7.21. The average molecular weight is 628 g/mol. The van der Waals surface area contributed by atoms with Crippen LogP contribution in [0.5, 0.6) is 0 Å². The number of para-hydroxylation sites is 1. The van der Waals surface area contributed by atoms with E-state index in [4.69, 9.17) is 0 Å². The van der Waals surface area contributed by atoms with Crippen molar-refractivity contribution in [3.63, 3.8) is 0 Å². The van der Waals surface area contributed by atoms with E-state index in [1.807, 2.05) is 36.4 Å². The first-order valence-electron chi connectivity index (χ1n) is 16.0. The third-order valence-corrected chi connectivity index (χ3v) is 14.2. The smallest absolute Gasteiger partial charge is 0.179 e. The molecule has 0 bridgehead atoms. The van der Waals surface area contributed by atoms with Crippen LogP contribution >= 0.6 is 0 Å². The molecule has 7 aromatic carbocycles. The quantitative estimate of drug-likeness (QED) is 0.141. The number of hydrogen-bond donors (Lipinski definition) is 0. The molecule has 48 heavy (non-hydrogen) atoms. The van der Waals surface area contributed by atoms with Gasteiger partial charge in [-0.05, 0) is 80.4 Å². The lowest BCUT2D eigenvalue weighted by Crippen LogP contribution is -2.74. The van der Waals surface area contributed by atoms with Gasteiger partial charge in [0.1, 0.15) is 0 Å². The topological polar surface area (TPSA) is 52.5 Å². The second-order valence-corrected chi connectivity index (χ2v) is 15.8. The van der Waals surface area contributed by atoms with Crippen LogP contribution < -0.4 is 20.7 Å². The molecule has 0 aliphatic heterocycles. The van der Waals surface area contributed by atoms with Gasteiger partial charge in [0.25, 0.3) is 0 Å². The molecule has 1 heterocycles. The first kappa shape index (κ1) is 29.0. The predicted molar refractivity (Wildman–Crippen MR) is 199 cm³/mol. The Labute approximate surface area is 280 Å². The summed E-state index contributed by atoms with van der Waals surface area (Å²) in [6.07, 6.45) is 0. The summed E-state index contributed by atoms with van der Waals surface area (Å²) in [5.74, 6) is 0. The molecule has 0 saturated carbocycles. The van der Waals surface area contributed by atoms with E-state index >= 15 is 0 Å². The van der Waals surface area contributed by atoms with Crippen molar-refractivity contribution in [1.29, 1.82) is 10.5 Å². The normalized spacial score (nSPS) is 11.3. The van der Waals surface area contributed by atoms with Crippen molar-refractivity contribution in [2.75, 3.05) is 0 Å². The number of hydrogen-bond acceptors (Lipinski definition) is 2. The Kier molecular flexibility index (Phi) is 7.27. The Hall–Kier alpha value is -6.46. The Balaban J connectivity index is 1.23. The zero-order valence-corrected chi connectivity index (χ0v) is 27.1. The Morgan fingerprint density at radius 2 is 0.854 bits per heavy atom. The molecule has 0 saturated heterocycles. The number of rotatable bonds is 6. The third kappa shape index (κ3) is 4.72. The molecule has 0 radical (unpaired) electrons. The molecule has 224 valence electrons. The summed E-state index contributed by atoms with van der Waals surface area (Å²) in [6, 6.07) is 66.5. The molecule has 0 aliphatic carbocycles. The SMILES string of the molecule is N#Cc1ccc([Si](c2ccccc2)(c2ccccc2)c2ccc(-c3ccc(-n4c5ccccc5c5cc(C#N)ccc54)cc3)cc2)cc1. The number of aromatic nitrogens is 1. The Morgan fingerprint density at radius 3 is 1.44 bits per heavy atom. The summed E-state index contributed by atoms with van der Waals surface area (Å²) in [7, 11) is -2.70. The number of nitrogens with zero attached hydrogens (tertiary/aromatic N) is 3.